The molecule has 0 radical (unpaired) electrons. The second-order valence-electron chi connectivity index (χ2n) is 7.55. The summed E-state index contributed by atoms with van der Waals surface area (Å²) in [5, 5.41) is 3.61. The Hall–Kier alpha value is -0.930. The fourth-order valence-corrected chi connectivity index (χ4v) is 4.54. The molecule has 1 N–H and O–H groups in total. The first kappa shape index (κ1) is 14.6. The van der Waals surface area contributed by atoms with E-state index < -0.39 is 0 Å². The lowest BCUT2D eigenvalue weighted by molar-refractivity contribution is 0.167. The van der Waals surface area contributed by atoms with Crippen molar-refractivity contribution in [3.8, 4) is 0 Å². The molecule has 0 amide bonds. The van der Waals surface area contributed by atoms with Crippen LogP contribution in [0.15, 0.2) is 24.3 Å². The molecule has 0 aromatic heterocycles. The third-order valence-corrected chi connectivity index (χ3v) is 6.04. The van der Waals surface area contributed by atoms with Gasteiger partial charge >= 0.3 is 0 Å². The van der Waals surface area contributed by atoms with Crippen LogP contribution in [0.4, 0.5) is 4.39 Å². The van der Waals surface area contributed by atoms with Crippen LogP contribution in [0.1, 0.15) is 37.2 Å². The molecule has 1 aromatic carbocycles. The van der Waals surface area contributed by atoms with E-state index >= 15 is 0 Å². The first-order chi connectivity index (χ1) is 10.8. The highest BCUT2D eigenvalue weighted by Gasteiger charge is 2.39. The number of likely N-dealkylation sites (tertiary alicyclic amines) is 1. The normalized spacial score (nSPS) is 30.8. The molecule has 0 spiro atoms. The van der Waals surface area contributed by atoms with Gasteiger partial charge in [-0.2, -0.15) is 0 Å². The molecule has 120 valence electrons. The van der Waals surface area contributed by atoms with Crippen molar-refractivity contribution in [1.82, 2.24) is 10.2 Å². The standard InChI is InChI=1S/C19H27FN2/c20-18-5-3-14(4-6-18)15-7-9-22(10-8-15)13-17-11-21-12-19(17)16-1-2-16/h3-6,15-17,19,21H,1-2,7-13H2. The first-order valence-electron chi connectivity index (χ1n) is 8.98. The summed E-state index contributed by atoms with van der Waals surface area (Å²) in [4.78, 5) is 2.67. The van der Waals surface area contributed by atoms with E-state index in [1.807, 2.05) is 12.1 Å². The van der Waals surface area contributed by atoms with E-state index in [0.29, 0.717) is 5.92 Å². The Morgan fingerprint density at radius 2 is 1.73 bits per heavy atom. The molecule has 2 atom stereocenters. The molecule has 2 unspecified atom stereocenters. The quantitative estimate of drug-likeness (QED) is 0.918. The van der Waals surface area contributed by atoms with Crippen LogP contribution in [0.5, 0.6) is 0 Å². The maximum atomic E-state index is 13.0. The van der Waals surface area contributed by atoms with Crippen molar-refractivity contribution in [2.24, 2.45) is 17.8 Å². The molecule has 1 aromatic rings. The van der Waals surface area contributed by atoms with Crippen LogP contribution in [0.3, 0.4) is 0 Å². The summed E-state index contributed by atoms with van der Waals surface area (Å²) in [5.41, 5.74) is 1.32. The van der Waals surface area contributed by atoms with E-state index in [9.17, 15) is 4.39 Å². The van der Waals surface area contributed by atoms with Crippen LogP contribution in [0, 0.1) is 23.6 Å². The highest BCUT2D eigenvalue weighted by molar-refractivity contribution is 5.21. The van der Waals surface area contributed by atoms with Gasteiger partial charge in [-0.3, -0.25) is 0 Å². The van der Waals surface area contributed by atoms with Gasteiger partial charge in [0.25, 0.3) is 0 Å². The lowest BCUT2D eigenvalue weighted by Crippen LogP contribution is -2.38. The van der Waals surface area contributed by atoms with E-state index in [0.717, 1.165) is 17.8 Å². The summed E-state index contributed by atoms with van der Waals surface area (Å²) in [7, 11) is 0. The molecule has 4 rings (SSSR count). The Balaban J connectivity index is 1.29. The highest BCUT2D eigenvalue weighted by Crippen LogP contribution is 2.42. The van der Waals surface area contributed by atoms with Gasteiger partial charge in [0.15, 0.2) is 0 Å². The van der Waals surface area contributed by atoms with Crippen molar-refractivity contribution in [2.45, 2.75) is 31.6 Å². The van der Waals surface area contributed by atoms with Gasteiger partial charge in [-0.15, -0.1) is 0 Å². The largest absolute Gasteiger partial charge is 0.316 e. The molecular weight excluding hydrogens is 275 g/mol. The summed E-state index contributed by atoms with van der Waals surface area (Å²) in [6.45, 7) is 6.16. The van der Waals surface area contributed by atoms with Crippen LogP contribution >= 0.6 is 0 Å². The third-order valence-electron chi connectivity index (χ3n) is 6.04. The van der Waals surface area contributed by atoms with Gasteiger partial charge < -0.3 is 10.2 Å². The number of benzene rings is 1. The summed E-state index contributed by atoms with van der Waals surface area (Å²) in [6, 6.07) is 7.15. The fourth-order valence-electron chi connectivity index (χ4n) is 4.54. The minimum Gasteiger partial charge on any atom is -0.316 e. The maximum Gasteiger partial charge on any atom is 0.123 e. The molecule has 2 heterocycles. The van der Waals surface area contributed by atoms with Crippen LogP contribution in [0.25, 0.3) is 0 Å². The topological polar surface area (TPSA) is 15.3 Å². The van der Waals surface area contributed by atoms with Crippen LogP contribution in [0.2, 0.25) is 0 Å². The molecule has 2 aliphatic heterocycles. The minimum atomic E-state index is -0.124. The molecule has 0 bridgehead atoms. The van der Waals surface area contributed by atoms with Gasteiger partial charge in [-0.1, -0.05) is 12.1 Å². The Morgan fingerprint density at radius 1 is 1.00 bits per heavy atom. The van der Waals surface area contributed by atoms with Gasteiger partial charge in [0.05, 0.1) is 0 Å². The highest BCUT2D eigenvalue weighted by atomic mass is 19.1. The van der Waals surface area contributed by atoms with Gasteiger partial charge in [0.1, 0.15) is 5.82 Å². The number of piperidine rings is 1. The molecule has 2 nitrogen and oxygen atoms in total. The molecule has 3 aliphatic rings. The smallest absolute Gasteiger partial charge is 0.123 e. The van der Waals surface area contributed by atoms with Crippen molar-refractivity contribution in [3.63, 3.8) is 0 Å². The summed E-state index contributed by atoms with van der Waals surface area (Å²) >= 11 is 0. The zero-order valence-electron chi connectivity index (χ0n) is 13.3. The summed E-state index contributed by atoms with van der Waals surface area (Å²) in [5.74, 6) is 3.33. The van der Waals surface area contributed by atoms with E-state index in [1.165, 1.54) is 64.0 Å². The second kappa shape index (κ2) is 6.29. The lowest BCUT2D eigenvalue weighted by Gasteiger charge is -2.34. The van der Waals surface area contributed by atoms with Gasteiger partial charge in [0.2, 0.25) is 0 Å². The average Bonchev–Trinajstić information content (AvgIpc) is 3.29. The SMILES string of the molecule is Fc1ccc(C2CCN(CC3CNCC3C3CC3)CC2)cc1. The van der Waals surface area contributed by atoms with Crippen LogP contribution < -0.4 is 5.32 Å². The van der Waals surface area contributed by atoms with Crippen LogP contribution in [-0.4, -0.2) is 37.6 Å². The lowest BCUT2D eigenvalue weighted by atomic mass is 9.87. The molecular formula is C19H27FN2. The fraction of sp³-hybridized carbons (Fsp3) is 0.684. The molecule has 3 fully saturated rings. The summed E-state index contributed by atoms with van der Waals surface area (Å²) in [6.07, 6.45) is 5.38. The van der Waals surface area contributed by atoms with Gasteiger partial charge in [0, 0.05) is 6.54 Å². The van der Waals surface area contributed by atoms with Crippen molar-refractivity contribution < 1.29 is 4.39 Å². The molecule has 22 heavy (non-hydrogen) atoms. The molecule has 1 saturated carbocycles. The molecule has 3 heteroatoms. The second-order valence-corrected chi connectivity index (χ2v) is 7.55. The van der Waals surface area contributed by atoms with Gasteiger partial charge in [-0.25, -0.2) is 4.39 Å². The van der Waals surface area contributed by atoms with E-state index in [1.54, 1.807) is 12.1 Å². The monoisotopic (exact) mass is 302 g/mol. The van der Waals surface area contributed by atoms with Crippen molar-refractivity contribution in [1.29, 1.82) is 0 Å². The number of hydrogen-bond acceptors (Lipinski definition) is 2. The van der Waals surface area contributed by atoms with Crippen LogP contribution in [-0.2, 0) is 0 Å². The number of nitrogens with one attached hydrogen (secondary N) is 1. The van der Waals surface area contributed by atoms with Crippen molar-refractivity contribution >= 4 is 0 Å². The van der Waals surface area contributed by atoms with E-state index in [-0.39, 0.29) is 5.82 Å². The zero-order valence-corrected chi connectivity index (χ0v) is 13.3. The number of nitrogens with zero attached hydrogens (tertiary/aromatic N) is 1. The van der Waals surface area contributed by atoms with E-state index in [2.05, 4.69) is 10.2 Å². The predicted octanol–water partition coefficient (Wildman–Crippen LogP) is 3.25. The number of halogens is 1. The summed E-state index contributed by atoms with van der Waals surface area (Å²) < 4.78 is 13.0. The van der Waals surface area contributed by atoms with Gasteiger partial charge in [-0.05, 0) is 93.2 Å². The average molecular weight is 302 g/mol. The Morgan fingerprint density at radius 3 is 2.41 bits per heavy atom. The molecule has 1 aliphatic carbocycles. The first-order valence-corrected chi connectivity index (χ1v) is 8.98. The maximum absolute atomic E-state index is 13.0. The number of hydrogen-bond donors (Lipinski definition) is 1. The Labute approximate surface area is 133 Å². The Bertz CT molecular complexity index is 489. The zero-order chi connectivity index (χ0) is 14.9. The molecule has 2 saturated heterocycles. The minimum absolute atomic E-state index is 0.124. The van der Waals surface area contributed by atoms with E-state index in [4.69, 9.17) is 0 Å². The van der Waals surface area contributed by atoms with Crippen molar-refractivity contribution in [3.05, 3.63) is 35.6 Å². The Kier molecular flexibility index (Phi) is 4.19. The number of rotatable bonds is 4. The predicted molar refractivity (Wildman–Crippen MR) is 87.4 cm³/mol. The third kappa shape index (κ3) is 3.21. The van der Waals surface area contributed by atoms with Crippen molar-refractivity contribution in [2.75, 3.05) is 32.7 Å².